The molecule has 0 aromatic carbocycles. The largest absolute Gasteiger partial charge is 0.444 e. The fraction of sp³-hybridized carbons (Fsp3) is 0.765. The second-order valence-corrected chi connectivity index (χ2v) is 7.30. The van der Waals surface area contributed by atoms with Crippen LogP contribution >= 0.6 is 0 Å². The fourth-order valence-electron chi connectivity index (χ4n) is 1.61. The second-order valence-electron chi connectivity index (χ2n) is 7.30. The number of hydrogen-bond acceptors (Lipinski definition) is 4. The van der Waals surface area contributed by atoms with Crippen molar-refractivity contribution in [2.24, 2.45) is 0 Å². The lowest BCUT2D eigenvalue weighted by Crippen LogP contribution is -2.43. The Morgan fingerprint density at radius 3 is 2.09 bits per heavy atom. The van der Waals surface area contributed by atoms with Crippen molar-refractivity contribution < 1.29 is 19.1 Å². The van der Waals surface area contributed by atoms with Crippen LogP contribution in [0.1, 0.15) is 54.9 Å². The maximum atomic E-state index is 12.2. The summed E-state index contributed by atoms with van der Waals surface area (Å²) in [4.78, 5) is 25.2. The van der Waals surface area contributed by atoms with Gasteiger partial charge in [0.05, 0.1) is 6.04 Å². The van der Waals surface area contributed by atoms with Gasteiger partial charge in [0.1, 0.15) is 11.2 Å². The molecular weight excluding hydrogens is 296 g/mol. The Morgan fingerprint density at radius 1 is 1.13 bits per heavy atom. The van der Waals surface area contributed by atoms with E-state index in [4.69, 9.17) is 15.9 Å². The molecule has 1 atom stereocenters. The highest BCUT2D eigenvalue weighted by atomic mass is 16.6. The summed E-state index contributed by atoms with van der Waals surface area (Å²) in [5.74, 6) is 2.53. The third-order valence-electron chi connectivity index (χ3n) is 2.58. The van der Waals surface area contributed by atoms with Crippen LogP contribution in [0.3, 0.4) is 0 Å². The smallest absolute Gasteiger partial charge is 0.411 e. The fourth-order valence-corrected chi connectivity index (χ4v) is 1.61. The number of terminal acetylenes is 1. The Labute approximate surface area is 139 Å². The predicted octanol–water partition coefficient (Wildman–Crippen LogP) is 3.16. The first kappa shape index (κ1) is 21.1. The lowest BCUT2D eigenvalue weighted by atomic mass is 10.2. The zero-order valence-electron chi connectivity index (χ0n) is 15.4. The van der Waals surface area contributed by atoms with Gasteiger partial charge in [-0.2, -0.15) is 0 Å². The molecule has 6 nitrogen and oxygen atoms in total. The van der Waals surface area contributed by atoms with Crippen molar-refractivity contribution in [3.05, 3.63) is 0 Å². The van der Waals surface area contributed by atoms with E-state index in [9.17, 15) is 9.59 Å². The maximum absolute atomic E-state index is 12.2. The van der Waals surface area contributed by atoms with E-state index in [0.29, 0.717) is 19.5 Å². The molecule has 0 aliphatic heterocycles. The first-order valence-electron chi connectivity index (χ1n) is 7.78. The van der Waals surface area contributed by atoms with Crippen molar-refractivity contribution >= 4 is 12.2 Å². The third kappa shape index (κ3) is 10.5. The molecule has 0 fully saturated rings. The molecule has 132 valence electrons. The summed E-state index contributed by atoms with van der Waals surface area (Å²) in [6.07, 6.45) is 5.01. The van der Waals surface area contributed by atoms with E-state index < -0.39 is 23.4 Å². The molecule has 23 heavy (non-hydrogen) atoms. The molecule has 0 aromatic rings. The number of amides is 2. The topological polar surface area (TPSA) is 67.9 Å². The average Bonchev–Trinajstić information content (AvgIpc) is 2.33. The molecule has 0 saturated carbocycles. The molecule has 0 saturated heterocycles. The van der Waals surface area contributed by atoms with Crippen molar-refractivity contribution in [1.29, 1.82) is 0 Å². The monoisotopic (exact) mass is 326 g/mol. The van der Waals surface area contributed by atoms with Gasteiger partial charge in [0, 0.05) is 13.1 Å². The van der Waals surface area contributed by atoms with Gasteiger partial charge in [-0.25, -0.2) is 9.59 Å². The van der Waals surface area contributed by atoms with Crippen LogP contribution in [-0.2, 0) is 9.47 Å². The Hall–Kier alpha value is -1.90. The van der Waals surface area contributed by atoms with Gasteiger partial charge in [0.25, 0.3) is 0 Å². The van der Waals surface area contributed by atoms with Crippen molar-refractivity contribution in [3.63, 3.8) is 0 Å². The molecule has 0 aromatic heterocycles. The third-order valence-corrected chi connectivity index (χ3v) is 2.58. The number of carbonyl (C=O) groups excluding carboxylic acids is 2. The van der Waals surface area contributed by atoms with E-state index in [2.05, 4.69) is 11.2 Å². The Bertz CT molecular complexity index is 441. The minimum atomic E-state index is -0.585. The summed E-state index contributed by atoms with van der Waals surface area (Å²) in [7, 11) is 0. The molecule has 0 spiro atoms. The van der Waals surface area contributed by atoms with Crippen molar-refractivity contribution in [1.82, 2.24) is 10.2 Å². The number of hydrogen-bond donors (Lipinski definition) is 1. The van der Waals surface area contributed by atoms with Crippen LogP contribution in [0.4, 0.5) is 9.59 Å². The maximum Gasteiger partial charge on any atom is 0.411 e. The van der Waals surface area contributed by atoms with E-state index in [1.807, 2.05) is 0 Å². The van der Waals surface area contributed by atoms with Crippen molar-refractivity contribution in [2.75, 3.05) is 13.1 Å². The number of carbonyl (C=O) groups is 2. The normalized spacial score (nSPS) is 12.8. The summed E-state index contributed by atoms with van der Waals surface area (Å²) in [5.41, 5.74) is -1.12. The van der Waals surface area contributed by atoms with Crippen LogP contribution in [0.25, 0.3) is 0 Å². The van der Waals surface area contributed by atoms with Crippen LogP contribution in [0.2, 0.25) is 0 Å². The van der Waals surface area contributed by atoms with Gasteiger partial charge in [-0.05, 0) is 54.9 Å². The average molecular weight is 326 g/mol. The molecule has 0 heterocycles. The van der Waals surface area contributed by atoms with E-state index in [1.165, 1.54) is 4.90 Å². The Balaban J connectivity index is 4.41. The van der Waals surface area contributed by atoms with Gasteiger partial charge >= 0.3 is 12.2 Å². The molecule has 0 aliphatic rings. The number of ether oxygens (including phenoxy) is 2. The van der Waals surface area contributed by atoms with Gasteiger partial charge in [-0.1, -0.05) is 5.92 Å². The lowest BCUT2D eigenvalue weighted by molar-refractivity contribution is 0.0216. The van der Waals surface area contributed by atoms with Crippen LogP contribution < -0.4 is 5.32 Å². The number of nitrogens with one attached hydrogen (secondary N) is 1. The van der Waals surface area contributed by atoms with Gasteiger partial charge < -0.3 is 14.8 Å². The molecule has 0 bridgehead atoms. The molecule has 2 amide bonds. The summed E-state index contributed by atoms with van der Waals surface area (Å²) < 4.78 is 10.5. The van der Waals surface area contributed by atoms with E-state index in [-0.39, 0.29) is 6.04 Å². The van der Waals surface area contributed by atoms with Crippen molar-refractivity contribution in [2.45, 2.75) is 72.1 Å². The predicted molar refractivity (Wildman–Crippen MR) is 90.1 cm³/mol. The summed E-state index contributed by atoms with van der Waals surface area (Å²) >= 11 is 0. The number of rotatable bonds is 5. The first-order chi connectivity index (χ1) is 10.4. The van der Waals surface area contributed by atoms with Gasteiger partial charge in [0.15, 0.2) is 0 Å². The zero-order chi connectivity index (χ0) is 18.3. The summed E-state index contributed by atoms with van der Waals surface area (Å²) in [6.45, 7) is 13.3. The van der Waals surface area contributed by atoms with Gasteiger partial charge in [0.2, 0.25) is 0 Å². The van der Waals surface area contributed by atoms with Crippen LogP contribution in [0.15, 0.2) is 0 Å². The number of alkyl carbamates (subject to hydrolysis) is 1. The minimum Gasteiger partial charge on any atom is -0.444 e. The standard InChI is InChI=1S/C17H30N2O4/c1-9-13(2)19(15(21)23-17(6,7)8)12-10-11-18-14(20)22-16(3,4)5/h1,13H,10-12H2,2-8H3,(H,18,20). The van der Waals surface area contributed by atoms with Crippen LogP contribution in [0, 0.1) is 12.3 Å². The van der Waals surface area contributed by atoms with Crippen molar-refractivity contribution in [3.8, 4) is 12.3 Å². The Kier molecular flexibility index (Phi) is 7.94. The quantitative estimate of drug-likeness (QED) is 0.622. The first-order valence-corrected chi connectivity index (χ1v) is 7.78. The minimum absolute atomic E-state index is 0.380. The van der Waals surface area contributed by atoms with E-state index >= 15 is 0 Å². The SMILES string of the molecule is C#CC(C)N(CCCNC(=O)OC(C)(C)C)C(=O)OC(C)(C)C. The second kappa shape index (κ2) is 8.66. The number of nitrogens with zero attached hydrogens (tertiary/aromatic N) is 1. The van der Waals surface area contributed by atoms with E-state index in [0.717, 1.165) is 0 Å². The Morgan fingerprint density at radius 2 is 1.65 bits per heavy atom. The zero-order valence-corrected chi connectivity index (χ0v) is 15.4. The molecular formula is C17H30N2O4. The highest BCUT2D eigenvalue weighted by Gasteiger charge is 2.25. The van der Waals surface area contributed by atoms with Crippen LogP contribution in [0.5, 0.6) is 0 Å². The van der Waals surface area contributed by atoms with Gasteiger partial charge in [-0.15, -0.1) is 6.42 Å². The highest BCUT2D eigenvalue weighted by Crippen LogP contribution is 2.12. The highest BCUT2D eigenvalue weighted by molar-refractivity contribution is 5.69. The molecule has 6 heteroatoms. The lowest BCUT2D eigenvalue weighted by Gasteiger charge is -2.29. The van der Waals surface area contributed by atoms with Gasteiger partial charge in [-0.3, -0.25) is 4.90 Å². The molecule has 0 aliphatic carbocycles. The summed E-state index contributed by atoms with van der Waals surface area (Å²) in [6, 6.07) is -0.383. The van der Waals surface area contributed by atoms with E-state index in [1.54, 1.807) is 48.5 Å². The molecule has 1 N–H and O–H groups in total. The molecule has 0 rings (SSSR count). The summed E-state index contributed by atoms with van der Waals surface area (Å²) in [5, 5.41) is 2.65. The molecule has 1 unspecified atom stereocenters. The molecule has 0 radical (unpaired) electrons. The van der Waals surface area contributed by atoms with Crippen LogP contribution in [-0.4, -0.2) is 47.4 Å².